The van der Waals surface area contributed by atoms with Crippen molar-refractivity contribution in [3.63, 3.8) is 0 Å². The number of ether oxygens (including phenoxy) is 1. The molecular weight excluding hydrogens is 238 g/mol. The van der Waals surface area contributed by atoms with Crippen LogP contribution in [0.2, 0.25) is 0 Å². The summed E-state index contributed by atoms with van der Waals surface area (Å²) in [5, 5.41) is 7.98. The summed E-state index contributed by atoms with van der Waals surface area (Å²) >= 11 is 0. The lowest BCUT2D eigenvalue weighted by atomic mass is 10.0. The molecule has 1 atom stereocenters. The van der Waals surface area contributed by atoms with Gasteiger partial charge in [0, 0.05) is 12.6 Å². The van der Waals surface area contributed by atoms with Gasteiger partial charge in [-0.15, -0.1) is 0 Å². The second kappa shape index (κ2) is 4.96. The summed E-state index contributed by atoms with van der Waals surface area (Å²) in [6, 6.07) is 10.8. The van der Waals surface area contributed by atoms with Crippen molar-refractivity contribution in [3.05, 3.63) is 41.6 Å². The molecule has 1 aliphatic heterocycles. The molecule has 2 aromatic rings. The summed E-state index contributed by atoms with van der Waals surface area (Å²) in [6.07, 6.45) is 1.06. The fourth-order valence-electron chi connectivity index (χ4n) is 2.61. The van der Waals surface area contributed by atoms with E-state index in [9.17, 15) is 0 Å². The van der Waals surface area contributed by atoms with Gasteiger partial charge >= 0.3 is 0 Å². The first kappa shape index (κ1) is 12.1. The number of aryl methyl sites for hydroxylation is 1. The summed E-state index contributed by atoms with van der Waals surface area (Å²) in [6.45, 7) is 5.72. The molecule has 1 N–H and O–H groups in total. The molecule has 0 amide bonds. The highest BCUT2D eigenvalue weighted by Gasteiger charge is 2.22. The molecule has 0 fully saturated rings. The first-order chi connectivity index (χ1) is 9.28. The summed E-state index contributed by atoms with van der Waals surface area (Å²) in [7, 11) is 0. The highest BCUT2D eigenvalue weighted by atomic mass is 16.5. The molecule has 2 heterocycles. The lowest BCUT2D eigenvalue weighted by molar-refractivity contribution is 0.340. The summed E-state index contributed by atoms with van der Waals surface area (Å²) in [4.78, 5) is 0. The Balaban J connectivity index is 1.90. The van der Waals surface area contributed by atoms with Crippen molar-refractivity contribution < 1.29 is 4.74 Å². The van der Waals surface area contributed by atoms with E-state index in [2.05, 4.69) is 33.3 Å². The normalized spacial score (nSPS) is 17.7. The summed E-state index contributed by atoms with van der Waals surface area (Å²) < 4.78 is 7.58. The number of hydrogen-bond acceptors (Lipinski definition) is 3. The van der Waals surface area contributed by atoms with Crippen LogP contribution in [0.4, 0.5) is 5.82 Å². The van der Waals surface area contributed by atoms with E-state index in [0.717, 1.165) is 30.2 Å². The SMILES string of the molecule is CCOc1ccc(C2CCNc3cc(C)nn32)cc1. The maximum absolute atomic E-state index is 5.49. The Kier molecular flexibility index (Phi) is 3.15. The molecule has 0 aliphatic carbocycles. The topological polar surface area (TPSA) is 39.1 Å². The third-order valence-electron chi connectivity index (χ3n) is 3.45. The predicted molar refractivity (Wildman–Crippen MR) is 75.8 cm³/mol. The molecule has 19 heavy (non-hydrogen) atoms. The van der Waals surface area contributed by atoms with Crippen LogP contribution in [0.1, 0.15) is 30.6 Å². The predicted octanol–water partition coefficient (Wildman–Crippen LogP) is 3.00. The van der Waals surface area contributed by atoms with E-state index in [1.54, 1.807) is 0 Å². The molecule has 0 spiro atoms. The average molecular weight is 257 g/mol. The van der Waals surface area contributed by atoms with Gasteiger partial charge < -0.3 is 10.1 Å². The fraction of sp³-hybridized carbons (Fsp3) is 0.400. The minimum Gasteiger partial charge on any atom is -0.494 e. The Bertz CT molecular complexity index is 559. The summed E-state index contributed by atoms with van der Waals surface area (Å²) in [5.74, 6) is 2.04. The zero-order valence-electron chi connectivity index (χ0n) is 11.4. The second-order valence-electron chi connectivity index (χ2n) is 4.85. The molecule has 1 aromatic carbocycles. The molecule has 1 unspecified atom stereocenters. The molecule has 0 saturated heterocycles. The highest BCUT2D eigenvalue weighted by molar-refractivity contribution is 5.41. The summed E-state index contributed by atoms with van der Waals surface area (Å²) in [5.41, 5.74) is 2.34. The second-order valence-corrected chi connectivity index (χ2v) is 4.85. The van der Waals surface area contributed by atoms with Gasteiger partial charge in [-0.2, -0.15) is 5.10 Å². The highest BCUT2D eigenvalue weighted by Crippen LogP contribution is 2.30. The Morgan fingerprint density at radius 3 is 2.89 bits per heavy atom. The number of hydrogen-bond donors (Lipinski definition) is 1. The van der Waals surface area contributed by atoms with Crippen molar-refractivity contribution >= 4 is 5.82 Å². The van der Waals surface area contributed by atoms with Crippen LogP contribution >= 0.6 is 0 Å². The van der Waals surface area contributed by atoms with Gasteiger partial charge in [-0.25, -0.2) is 4.68 Å². The molecule has 0 saturated carbocycles. The Morgan fingerprint density at radius 2 is 2.16 bits per heavy atom. The molecule has 1 aliphatic rings. The lowest BCUT2D eigenvalue weighted by Gasteiger charge is -2.26. The van der Waals surface area contributed by atoms with Gasteiger partial charge in [0.15, 0.2) is 0 Å². The Labute approximate surface area is 113 Å². The monoisotopic (exact) mass is 257 g/mol. The average Bonchev–Trinajstić information content (AvgIpc) is 2.80. The first-order valence-corrected chi connectivity index (χ1v) is 6.80. The largest absolute Gasteiger partial charge is 0.494 e. The van der Waals surface area contributed by atoms with Gasteiger partial charge in [-0.3, -0.25) is 0 Å². The minimum absolute atomic E-state index is 0.320. The van der Waals surface area contributed by atoms with Gasteiger partial charge in [-0.05, 0) is 38.0 Å². The molecule has 3 rings (SSSR count). The van der Waals surface area contributed by atoms with E-state index >= 15 is 0 Å². The van der Waals surface area contributed by atoms with E-state index in [1.807, 2.05) is 26.0 Å². The van der Waals surface area contributed by atoms with Crippen LogP contribution in [0.5, 0.6) is 5.75 Å². The van der Waals surface area contributed by atoms with Crippen LogP contribution < -0.4 is 10.1 Å². The van der Waals surface area contributed by atoms with E-state index in [-0.39, 0.29) is 0 Å². The van der Waals surface area contributed by atoms with E-state index in [4.69, 9.17) is 4.74 Å². The zero-order valence-corrected chi connectivity index (χ0v) is 11.4. The van der Waals surface area contributed by atoms with Crippen molar-refractivity contribution in [1.29, 1.82) is 0 Å². The van der Waals surface area contributed by atoms with E-state index in [1.165, 1.54) is 5.56 Å². The third-order valence-corrected chi connectivity index (χ3v) is 3.45. The minimum atomic E-state index is 0.320. The van der Waals surface area contributed by atoms with Crippen LogP contribution in [0.25, 0.3) is 0 Å². The number of anilines is 1. The van der Waals surface area contributed by atoms with Crippen LogP contribution in [-0.2, 0) is 0 Å². The van der Waals surface area contributed by atoms with Crippen LogP contribution in [0, 0.1) is 6.92 Å². The molecule has 4 nitrogen and oxygen atoms in total. The smallest absolute Gasteiger partial charge is 0.125 e. The zero-order chi connectivity index (χ0) is 13.2. The van der Waals surface area contributed by atoms with Gasteiger partial charge in [0.05, 0.1) is 18.3 Å². The third kappa shape index (κ3) is 2.30. The Hall–Kier alpha value is -1.97. The van der Waals surface area contributed by atoms with Crippen molar-refractivity contribution in [2.24, 2.45) is 0 Å². The van der Waals surface area contributed by atoms with E-state index in [0.29, 0.717) is 12.6 Å². The van der Waals surface area contributed by atoms with Gasteiger partial charge in [0.1, 0.15) is 11.6 Å². The number of aromatic nitrogens is 2. The van der Waals surface area contributed by atoms with Crippen LogP contribution in [0.3, 0.4) is 0 Å². The number of rotatable bonds is 3. The van der Waals surface area contributed by atoms with Gasteiger partial charge in [0.25, 0.3) is 0 Å². The number of nitrogens with zero attached hydrogens (tertiary/aromatic N) is 2. The number of nitrogens with one attached hydrogen (secondary N) is 1. The standard InChI is InChI=1S/C15H19N3O/c1-3-19-13-6-4-12(5-7-13)14-8-9-16-15-10-11(2)17-18(14)15/h4-7,10,14,16H,3,8-9H2,1-2H3. The molecule has 1 aromatic heterocycles. The molecular formula is C15H19N3O. The fourth-order valence-corrected chi connectivity index (χ4v) is 2.61. The molecule has 100 valence electrons. The lowest BCUT2D eigenvalue weighted by Crippen LogP contribution is -2.24. The quantitative estimate of drug-likeness (QED) is 0.918. The maximum Gasteiger partial charge on any atom is 0.125 e. The van der Waals surface area contributed by atoms with Gasteiger partial charge in [-0.1, -0.05) is 12.1 Å². The Morgan fingerprint density at radius 1 is 1.37 bits per heavy atom. The van der Waals surface area contributed by atoms with Crippen LogP contribution in [-0.4, -0.2) is 22.9 Å². The van der Waals surface area contributed by atoms with Crippen LogP contribution in [0.15, 0.2) is 30.3 Å². The van der Waals surface area contributed by atoms with Gasteiger partial charge in [0.2, 0.25) is 0 Å². The molecule has 4 heteroatoms. The molecule has 0 bridgehead atoms. The first-order valence-electron chi connectivity index (χ1n) is 6.80. The van der Waals surface area contributed by atoms with Crippen molar-refractivity contribution in [1.82, 2.24) is 9.78 Å². The molecule has 0 radical (unpaired) electrons. The van der Waals surface area contributed by atoms with E-state index < -0.39 is 0 Å². The number of fused-ring (bicyclic) bond motifs is 1. The van der Waals surface area contributed by atoms with Crippen molar-refractivity contribution in [2.75, 3.05) is 18.5 Å². The van der Waals surface area contributed by atoms with Crippen molar-refractivity contribution in [3.8, 4) is 5.75 Å². The van der Waals surface area contributed by atoms with Crippen molar-refractivity contribution in [2.45, 2.75) is 26.3 Å². The number of benzene rings is 1. The maximum atomic E-state index is 5.49.